The van der Waals surface area contributed by atoms with Gasteiger partial charge in [-0.3, -0.25) is 4.79 Å². The van der Waals surface area contributed by atoms with Crippen LogP contribution in [0.15, 0.2) is 83.8 Å². The summed E-state index contributed by atoms with van der Waals surface area (Å²) in [6.45, 7) is 3.12. The van der Waals surface area contributed by atoms with Crippen LogP contribution >= 0.6 is 11.5 Å². The lowest BCUT2D eigenvalue weighted by atomic mass is 10.1. The molecule has 2 N–H and O–H groups in total. The van der Waals surface area contributed by atoms with Gasteiger partial charge in [0.2, 0.25) is 21.1 Å². The number of aliphatic hydroxyl groups excluding tert-OH is 1. The van der Waals surface area contributed by atoms with Gasteiger partial charge in [0.15, 0.2) is 5.82 Å². The largest absolute Gasteiger partial charge is 0.457 e. The molecule has 1 amide bonds. The summed E-state index contributed by atoms with van der Waals surface area (Å²) in [6, 6.07) is 22.7. The maximum atomic E-state index is 13.2. The molecule has 208 valence electrons. The zero-order chi connectivity index (χ0) is 28.1. The van der Waals surface area contributed by atoms with E-state index in [1.807, 2.05) is 35.2 Å². The van der Waals surface area contributed by atoms with Gasteiger partial charge in [-0.1, -0.05) is 30.3 Å². The van der Waals surface area contributed by atoms with Gasteiger partial charge in [-0.15, -0.1) is 0 Å². The molecule has 10 nitrogen and oxygen atoms in total. The summed E-state index contributed by atoms with van der Waals surface area (Å²) in [6.07, 6.45) is -0.385. The van der Waals surface area contributed by atoms with E-state index in [9.17, 15) is 18.3 Å². The van der Waals surface area contributed by atoms with Crippen molar-refractivity contribution in [3.63, 3.8) is 0 Å². The van der Waals surface area contributed by atoms with Crippen LogP contribution in [0.1, 0.15) is 30.8 Å². The number of rotatable bonds is 8. The van der Waals surface area contributed by atoms with Gasteiger partial charge in [0.05, 0.1) is 4.90 Å². The van der Waals surface area contributed by atoms with Gasteiger partial charge in [-0.05, 0) is 60.5 Å². The molecule has 1 aliphatic heterocycles. The summed E-state index contributed by atoms with van der Waals surface area (Å²) in [7, 11) is -3.69. The van der Waals surface area contributed by atoms with E-state index in [2.05, 4.69) is 14.7 Å². The summed E-state index contributed by atoms with van der Waals surface area (Å²) >= 11 is 1.18. The van der Waals surface area contributed by atoms with Crippen molar-refractivity contribution >= 4 is 38.3 Å². The zero-order valence-corrected chi connectivity index (χ0v) is 23.4. The number of nitrogens with one attached hydrogen (secondary N) is 1. The molecule has 0 radical (unpaired) electrons. The fourth-order valence-electron chi connectivity index (χ4n) is 4.35. The van der Waals surface area contributed by atoms with Crippen molar-refractivity contribution in [2.75, 3.05) is 36.4 Å². The molecule has 0 spiro atoms. The molecular weight excluding hydrogens is 550 g/mol. The van der Waals surface area contributed by atoms with E-state index in [0.29, 0.717) is 54.0 Å². The van der Waals surface area contributed by atoms with Gasteiger partial charge >= 0.3 is 0 Å². The number of aliphatic hydroxyl groups is 1. The van der Waals surface area contributed by atoms with E-state index in [-0.39, 0.29) is 17.3 Å². The van der Waals surface area contributed by atoms with E-state index in [0.717, 1.165) is 5.75 Å². The quantitative estimate of drug-likeness (QED) is 0.317. The minimum Gasteiger partial charge on any atom is -0.457 e. The van der Waals surface area contributed by atoms with Crippen molar-refractivity contribution in [1.82, 2.24) is 13.7 Å². The summed E-state index contributed by atoms with van der Waals surface area (Å²) in [4.78, 5) is 18.0. The Hall–Kier alpha value is -3.84. The Bertz CT molecular complexity index is 1540. The zero-order valence-electron chi connectivity index (χ0n) is 21.8. The van der Waals surface area contributed by atoms with Crippen molar-refractivity contribution in [2.24, 2.45) is 0 Å². The molecule has 1 aliphatic rings. The van der Waals surface area contributed by atoms with Crippen LogP contribution in [0.5, 0.6) is 11.5 Å². The van der Waals surface area contributed by atoms with Crippen LogP contribution in [-0.4, -0.2) is 59.3 Å². The van der Waals surface area contributed by atoms with Crippen molar-refractivity contribution in [3.05, 3.63) is 90.3 Å². The molecule has 1 unspecified atom stereocenters. The third-order valence-electron chi connectivity index (χ3n) is 6.39. The fourth-order valence-corrected chi connectivity index (χ4v) is 6.56. The molecule has 3 aromatic carbocycles. The maximum absolute atomic E-state index is 13.2. The minimum atomic E-state index is -3.69. The molecule has 1 fully saturated rings. The standard InChI is InChI=1S/C28H29N5O5S2/c1-20(34)29-22-10-14-25(15-11-22)40(36,37)33-17-5-16-32(18-19-33)28-30-27(31-39-28)26(35)21-8-12-24(13-9-21)38-23-6-3-2-4-7-23/h2-4,6-15,26,35H,5,16-19H2,1H3,(H,29,34). The van der Waals surface area contributed by atoms with Crippen molar-refractivity contribution in [2.45, 2.75) is 24.3 Å². The summed E-state index contributed by atoms with van der Waals surface area (Å²) in [5.41, 5.74) is 1.18. The third kappa shape index (κ3) is 6.48. The predicted octanol–water partition coefficient (Wildman–Crippen LogP) is 4.27. The van der Waals surface area contributed by atoms with Crippen LogP contribution in [0.2, 0.25) is 0 Å². The first-order valence-corrected chi connectivity index (χ1v) is 15.0. The highest BCUT2D eigenvalue weighted by atomic mass is 32.2. The molecule has 4 aromatic rings. The summed E-state index contributed by atoms with van der Waals surface area (Å²) in [5, 5.41) is 14.2. The molecule has 0 bridgehead atoms. The SMILES string of the molecule is CC(=O)Nc1ccc(S(=O)(=O)N2CCCN(c3nc(C(O)c4ccc(Oc5ccccc5)cc4)ns3)CC2)cc1. The molecule has 0 aliphatic carbocycles. The number of benzene rings is 3. The molecule has 12 heteroatoms. The van der Waals surface area contributed by atoms with Crippen LogP contribution < -0.4 is 15.0 Å². The minimum absolute atomic E-state index is 0.177. The Morgan fingerprint density at radius 3 is 2.35 bits per heavy atom. The fraction of sp³-hybridized carbons (Fsp3) is 0.250. The number of hydrogen-bond acceptors (Lipinski definition) is 9. The summed E-state index contributed by atoms with van der Waals surface area (Å²) in [5.74, 6) is 1.46. The Labute approximate surface area is 237 Å². The lowest BCUT2D eigenvalue weighted by molar-refractivity contribution is -0.114. The Balaban J connectivity index is 1.21. The van der Waals surface area contributed by atoms with E-state index < -0.39 is 16.1 Å². The molecule has 1 atom stereocenters. The van der Waals surface area contributed by atoms with Crippen LogP contribution in [0.25, 0.3) is 0 Å². The average molecular weight is 580 g/mol. The number of para-hydroxylation sites is 1. The number of nitrogens with zero attached hydrogens (tertiary/aromatic N) is 4. The first kappa shape index (κ1) is 27.7. The maximum Gasteiger partial charge on any atom is 0.243 e. The second-order valence-electron chi connectivity index (χ2n) is 9.27. The molecule has 1 aromatic heterocycles. The molecule has 40 heavy (non-hydrogen) atoms. The Kier molecular flexibility index (Phi) is 8.40. The number of sulfonamides is 1. The van der Waals surface area contributed by atoms with Crippen LogP contribution in [0.4, 0.5) is 10.8 Å². The highest BCUT2D eigenvalue weighted by molar-refractivity contribution is 7.89. The normalized spacial score (nSPS) is 15.3. The van der Waals surface area contributed by atoms with E-state index >= 15 is 0 Å². The monoisotopic (exact) mass is 579 g/mol. The Morgan fingerprint density at radius 2 is 1.65 bits per heavy atom. The van der Waals surface area contributed by atoms with E-state index in [4.69, 9.17) is 4.74 Å². The van der Waals surface area contributed by atoms with Crippen molar-refractivity contribution in [1.29, 1.82) is 0 Å². The van der Waals surface area contributed by atoms with Gasteiger partial charge in [0, 0.05) is 50.3 Å². The predicted molar refractivity (Wildman–Crippen MR) is 153 cm³/mol. The third-order valence-corrected chi connectivity index (χ3v) is 9.09. The molecule has 1 saturated heterocycles. The summed E-state index contributed by atoms with van der Waals surface area (Å²) < 4.78 is 38.2. The van der Waals surface area contributed by atoms with E-state index in [1.54, 1.807) is 36.4 Å². The van der Waals surface area contributed by atoms with E-state index in [1.165, 1.54) is 34.9 Å². The lowest BCUT2D eigenvalue weighted by Gasteiger charge is -2.21. The van der Waals surface area contributed by atoms with Crippen LogP contribution in [0.3, 0.4) is 0 Å². The van der Waals surface area contributed by atoms with Gasteiger partial charge < -0.3 is 20.1 Å². The van der Waals surface area contributed by atoms with Crippen molar-refractivity contribution < 1.29 is 23.1 Å². The number of hydrogen-bond donors (Lipinski definition) is 2. The number of amides is 1. The van der Waals surface area contributed by atoms with Gasteiger partial charge in [-0.2, -0.15) is 8.68 Å². The first-order valence-electron chi connectivity index (χ1n) is 12.8. The average Bonchev–Trinajstić information content (AvgIpc) is 3.31. The molecular formula is C28H29N5O5S2. The Morgan fingerprint density at radius 1 is 0.950 bits per heavy atom. The molecule has 2 heterocycles. The topological polar surface area (TPSA) is 125 Å². The smallest absolute Gasteiger partial charge is 0.243 e. The second-order valence-corrected chi connectivity index (χ2v) is 11.9. The van der Waals surface area contributed by atoms with Gasteiger partial charge in [0.25, 0.3) is 0 Å². The number of carbonyl (C=O) groups is 1. The highest BCUT2D eigenvalue weighted by Gasteiger charge is 2.28. The highest BCUT2D eigenvalue weighted by Crippen LogP contribution is 2.29. The van der Waals surface area contributed by atoms with Crippen LogP contribution in [-0.2, 0) is 14.8 Å². The molecule has 5 rings (SSSR count). The van der Waals surface area contributed by atoms with Gasteiger partial charge in [-0.25, -0.2) is 13.4 Å². The van der Waals surface area contributed by atoms with Gasteiger partial charge in [0.1, 0.15) is 17.6 Å². The molecule has 0 saturated carbocycles. The lowest BCUT2D eigenvalue weighted by Crippen LogP contribution is -2.35. The number of aromatic nitrogens is 2. The number of anilines is 2. The first-order chi connectivity index (χ1) is 19.3. The van der Waals surface area contributed by atoms with Crippen LogP contribution in [0, 0.1) is 0 Å². The second kappa shape index (κ2) is 12.1. The number of ether oxygens (including phenoxy) is 1. The number of carbonyl (C=O) groups excluding carboxylic acids is 1. The van der Waals surface area contributed by atoms with Crippen molar-refractivity contribution in [3.8, 4) is 11.5 Å².